The van der Waals surface area contributed by atoms with Crippen molar-refractivity contribution in [2.24, 2.45) is 0 Å². The van der Waals surface area contributed by atoms with Gasteiger partial charge in [0.1, 0.15) is 6.61 Å². The molecule has 0 radical (unpaired) electrons. The number of ether oxygens (including phenoxy) is 4. The molecule has 0 aliphatic heterocycles. The number of halogens is 2. The molecule has 0 fully saturated rings. The van der Waals surface area contributed by atoms with E-state index in [-0.39, 0.29) is 17.4 Å². The summed E-state index contributed by atoms with van der Waals surface area (Å²) in [6.45, 7) is -2.64. The Morgan fingerprint density at radius 3 is 2.15 bits per heavy atom. The molecule has 170 valence electrons. The molecule has 1 aromatic heterocycles. The molecule has 0 spiro atoms. The molecule has 0 N–H and O–H groups in total. The Kier molecular flexibility index (Phi) is 6.68. The lowest BCUT2D eigenvalue weighted by Gasteiger charge is -2.10. The second-order valence-electron chi connectivity index (χ2n) is 6.80. The fraction of sp³-hybridized carbons (Fsp3) is 0.167. The van der Waals surface area contributed by atoms with Crippen molar-refractivity contribution in [1.29, 1.82) is 0 Å². The van der Waals surface area contributed by atoms with E-state index in [1.165, 1.54) is 25.3 Å². The predicted molar refractivity (Wildman–Crippen MR) is 116 cm³/mol. The van der Waals surface area contributed by atoms with Crippen LogP contribution >= 0.6 is 0 Å². The average Bonchev–Trinajstić information content (AvgIpc) is 3.33. The first-order valence-electron chi connectivity index (χ1n) is 9.89. The molecule has 0 atom stereocenters. The summed E-state index contributed by atoms with van der Waals surface area (Å²) in [6, 6.07) is 19.3. The minimum atomic E-state index is -2.96. The Balaban J connectivity index is 1.52. The largest absolute Gasteiger partial charge is 0.493 e. The summed E-state index contributed by atoms with van der Waals surface area (Å²) < 4.78 is 51.6. The van der Waals surface area contributed by atoms with Crippen LogP contribution in [0.15, 0.2) is 71.1 Å². The van der Waals surface area contributed by atoms with Crippen molar-refractivity contribution in [1.82, 2.24) is 10.2 Å². The maximum atomic E-state index is 12.5. The van der Waals surface area contributed by atoms with Crippen molar-refractivity contribution in [3.8, 4) is 45.9 Å². The Morgan fingerprint density at radius 1 is 0.758 bits per heavy atom. The van der Waals surface area contributed by atoms with Crippen LogP contribution in [0.2, 0.25) is 0 Å². The summed E-state index contributed by atoms with van der Waals surface area (Å²) >= 11 is 0. The zero-order valence-corrected chi connectivity index (χ0v) is 17.8. The monoisotopic (exact) mass is 454 g/mol. The van der Waals surface area contributed by atoms with Crippen LogP contribution in [0.1, 0.15) is 5.56 Å². The summed E-state index contributed by atoms with van der Waals surface area (Å²) in [5.74, 6) is 1.84. The number of hydrogen-bond donors (Lipinski definition) is 0. The lowest BCUT2D eigenvalue weighted by Crippen LogP contribution is -2.03. The zero-order chi connectivity index (χ0) is 23.2. The van der Waals surface area contributed by atoms with Crippen LogP contribution in [0.5, 0.6) is 23.0 Å². The molecular weight excluding hydrogens is 434 g/mol. The highest BCUT2D eigenvalue weighted by Gasteiger charge is 2.16. The van der Waals surface area contributed by atoms with E-state index >= 15 is 0 Å². The Bertz CT molecular complexity index is 1230. The van der Waals surface area contributed by atoms with E-state index in [9.17, 15) is 8.78 Å². The maximum Gasteiger partial charge on any atom is 0.387 e. The van der Waals surface area contributed by atoms with Gasteiger partial charge in [0.05, 0.1) is 14.2 Å². The van der Waals surface area contributed by atoms with Gasteiger partial charge in [0.15, 0.2) is 23.0 Å². The molecule has 0 aliphatic rings. The summed E-state index contributed by atoms with van der Waals surface area (Å²) in [6.07, 6.45) is 0. The van der Waals surface area contributed by atoms with Gasteiger partial charge in [-0.15, -0.1) is 10.2 Å². The summed E-state index contributed by atoms with van der Waals surface area (Å²) in [7, 11) is 2.94. The molecule has 9 heteroatoms. The third kappa shape index (κ3) is 5.20. The van der Waals surface area contributed by atoms with Crippen molar-refractivity contribution in [2.45, 2.75) is 13.2 Å². The van der Waals surface area contributed by atoms with E-state index in [2.05, 4.69) is 14.9 Å². The highest BCUT2D eigenvalue weighted by atomic mass is 19.3. The first-order valence-corrected chi connectivity index (χ1v) is 9.89. The lowest BCUT2D eigenvalue weighted by molar-refractivity contribution is -0.0512. The number of benzene rings is 3. The molecule has 0 unspecified atom stereocenters. The van der Waals surface area contributed by atoms with Gasteiger partial charge in [-0.3, -0.25) is 0 Å². The van der Waals surface area contributed by atoms with Crippen LogP contribution in [0.25, 0.3) is 22.9 Å². The number of rotatable bonds is 9. The van der Waals surface area contributed by atoms with Crippen molar-refractivity contribution in [3.05, 3.63) is 72.3 Å². The van der Waals surface area contributed by atoms with E-state index < -0.39 is 6.61 Å². The fourth-order valence-electron chi connectivity index (χ4n) is 3.14. The summed E-state index contributed by atoms with van der Waals surface area (Å²) in [4.78, 5) is 0. The normalized spacial score (nSPS) is 10.8. The Morgan fingerprint density at radius 2 is 1.45 bits per heavy atom. The number of para-hydroxylation sites is 2. The molecule has 4 aromatic rings. The predicted octanol–water partition coefficient (Wildman–Crippen LogP) is 5.60. The summed E-state index contributed by atoms with van der Waals surface area (Å²) in [5, 5.41) is 8.17. The van der Waals surface area contributed by atoms with Gasteiger partial charge in [-0.05, 0) is 48.0 Å². The van der Waals surface area contributed by atoms with Crippen molar-refractivity contribution >= 4 is 0 Å². The quantitative estimate of drug-likeness (QED) is 0.326. The molecule has 4 rings (SSSR count). The van der Waals surface area contributed by atoms with Crippen LogP contribution in [0.3, 0.4) is 0 Å². The van der Waals surface area contributed by atoms with Gasteiger partial charge in [0.2, 0.25) is 11.8 Å². The summed E-state index contributed by atoms with van der Waals surface area (Å²) in [5.41, 5.74) is 2.11. The topological polar surface area (TPSA) is 75.8 Å². The molecule has 1 heterocycles. The maximum absolute atomic E-state index is 12.5. The van der Waals surface area contributed by atoms with Crippen molar-refractivity contribution in [3.63, 3.8) is 0 Å². The van der Waals surface area contributed by atoms with Gasteiger partial charge < -0.3 is 23.4 Å². The van der Waals surface area contributed by atoms with E-state index in [1.807, 2.05) is 48.5 Å². The highest BCUT2D eigenvalue weighted by Crippen LogP contribution is 2.34. The molecule has 3 aromatic carbocycles. The molecule has 33 heavy (non-hydrogen) atoms. The van der Waals surface area contributed by atoms with Crippen LogP contribution in [-0.2, 0) is 6.61 Å². The molecule has 0 aliphatic carbocycles. The fourth-order valence-corrected chi connectivity index (χ4v) is 3.14. The van der Waals surface area contributed by atoms with E-state index in [4.69, 9.17) is 18.6 Å². The standard InChI is InChI=1S/C24H20F2N2O5/c1-29-18-8-3-4-9-19(18)31-14-15-6-5-7-16(12-15)22-27-28-23(33-22)17-10-11-20(32-24(25)26)21(13-17)30-2/h3-13,24H,14H2,1-2H3. The van der Waals surface area contributed by atoms with Crippen molar-refractivity contribution in [2.75, 3.05) is 14.2 Å². The zero-order valence-electron chi connectivity index (χ0n) is 17.8. The second-order valence-corrected chi connectivity index (χ2v) is 6.80. The van der Waals surface area contributed by atoms with Gasteiger partial charge in [-0.2, -0.15) is 8.78 Å². The number of aromatic nitrogens is 2. The molecule has 0 bridgehead atoms. The van der Waals surface area contributed by atoms with Gasteiger partial charge in [-0.25, -0.2) is 0 Å². The SMILES string of the molecule is COc1ccccc1OCc1cccc(-c2nnc(-c3ccc(OC(F)F)c(OC)c3)o2)c1. The second kappa shape index (κ2) is 9.99. The van der Waals surface area contributed by atoms with Crippen LogP contribution in [0.4, 0.5) is 8.78 Å². The third-order valence-corrected chi connectivity index (χ3v) is 4.69. The number of nitrogens with zero attached hydrogens (tertiary/aromatic N) is 2. The van der Waals surface area contributed by atoms with Crippen LogP contribution < -0.4 is 18.9 Å². The number of alkyl halides is 2. The Hall–Kier alpha value is -4.14. The van der Waals surface area contributed by atoms with E-state index in [0.717, 1.165) is 5.56 Å². The lowest BCUT2D eigenvalue weighted by atomic mass is 10.1. The molecule has 0 amide bonds. The number of methoxy groups -OCH3 is 2. The van der Waals surface area contributed by atoms with Crippen LogP contribution in [-0.4, -0.2) is 31.0 Å². The van der Waals surface area contributed by atoms with Gasteiger partial charge in [0.25, 0.3) is 0 Å². The minimum absolute atomic E-state index is 0.0845. The smallest absolute Gasteiger partial charge is 0.387 e. The first-order chi connectivity index (χ1) is 16.1. The Labute approximate surface area is 188 Å². The average molecular weight is 454 g/mol. The van der Waals surface area contributed by atoms with Gasteiger partial charge in [0, 0.05) is 11.1 Å². The molecule has 7 nitrogen and oxygen atoms in total. The van der Waals surface area contributed by atoms with E-state index in [0.29, 0.717) is 35.1 Å². The van der Waals surface area contributed by atoms with Crippen molar-refractivity contribution < 1.29 is 32.1 Å². The van der Waals surface area contributed by atoms with Gasteiger partial charge >= 0.3 is 6.61 Å². The molecular formula is C24H20F2N2O5. The van der Waals surface area contributed by atoms with Gasteiger partial charge in [-0.1, -0.05) is 24.3 Å². The van der Waals surface area contributed by atoms with E-state index in [1.54, 1.807) is 7.11 Å². The minimum Gasteiger partial charge on any atom is -0.493 e. The number of hydrogen-bond acceptors (Lipinski definition) is 7. The van der Waals surface area contributed by atoms with Crippen LogP contribution in [0, 0.1) is 0 Å². The molecule has 0 saturated heterocycles. The first kappa shape index (κ1) is 22.1. The third-order valence-electron chi connectivity index (χ3n) is 4.69. The molecule has 0 saturated carbocycles. The highest BCUT2D eigenvalue weighted by molar-refractivity contribution is 5.62.